The van der Waals surface area contributed by atoms with Crippen LogP contribution in [0.4, 0.5) is 0 Å². The first-order chi connectivity index (χ1) is 9.65. The molecule has 2 rings (SSSR count). The lowest BCUT2D eigenvalue weighted by molar-refractivity contribution is 0.207. The van der Waals surface area contributed by atoms with Gasteiger partial charge in [0.25, 0.3) is 0 Å². The number of benzene rings is 1. The Labute approximate surface area is 131 Å². The summed E-state index contributed by atoms with van der Waals surface area (Å²) in [5, 5.41) is 13.0. The SMILES string of the molecule is CC(C)(C)NCc1ccc(SC2CS(=O)(=O)CC2O)cc1. The summed E-state index contributed by atoms with van der Waals surface area (Å²) < 4.78 is 23.0. The molecule has 1 saturated heterocycles. The number of hydrogen-bond acceptors (Lipinski definition) is 5. The van der Waals surface area contributed by atoms with Gasteiger partial charge in [0, 0.05) is 17.0 Å². The zero-order valence-electron chi connectivity index (χ0n) is 12.7. The predicted octanol–water partition coefficient (Wildman–Crippen LogP) is 1.82. The number of thioether (sulfide) groups is 1. The average Bonchev–Trinajstić information content (AvgIpc) is 2.60. The highest BCUT2D eigenvalue weighted by atomic mass is 32.2. The molecule has 118 valence electrons. The third-order valence-electron chi connectivity index (χ3n) is 3.31. The van der Waals surface area contributed by atoms with E-state index < -0.39 is 15.9 Å². The van der Waals surface area contributed by atoms with Gasteiger partial charge in [0.15, 0.2) is 9.84 Å². The van der Waals surface area contributed by atoms with Crippen molar-refractivity contribution in [2.75, 3.05) is 11.5 Å². The molecule has 1 heterocycles. The van der Waals surface area contributed by atoms with Crippen LogP contribution < -0.4 is 5.32 Å². The summed E-state index contributed by atoms with van der Waals surface area (Å²) in [6.07, 6.45) is -0.762. The number of nitrogens with one attached hydrogen (secondary N) is 1. The summed E-state index contributed by atoms with van der Waals surface area (Å²) in [4.78, 5) is 0.996. The lowest BCUT2D eigenvalue weighted by atomic mass is 10.1. The van der Waals surface area contributed by atoms with Crippen LogP contribution in [0.25, 0.3) is 0 Å². The Morgan fingerprint density at radius 2 is 1.86 bits per heavy atom. The van der Waals surface area contributed by atoms with E-state index in [1.54, 1.807) is 0 Å². The molecule has 0 spiro atoms. The highest BCUT2D eigenvalue weighted by Crippen LogP contribution is 2.31. The Bertz CT molecular complexity index is 576. The second-order valence-electron chi connectivity index (χ2n) is 6.55. The van der Waals surface area contributed by atoms with Crippen molar-refractivity contribution >= 4 is 21.6 Å². The van der Waals surface area contributed by atoms with Gasteiger partial charge in [0.1, 0.15) is 0 Å². The van der Waals surface area contributed by atoms with Crippen LogP contribution in [-0.2, 0) is 16.4 Å². The molecule has 1 aliphatic heterocycles. The molecule has 0 aliphatic carbocycles. The Morgan fingerprint density at radius 1 is 1.24 bits per heavy atom. The van der Waals surface area contributed by atoms with Crippen molar-refractivity contribution in [2.45, 2.75) is 49.1 Å². The molecule has 0 saturated carbocycles. The van der Waals surface area contributed by atoms with Crippen LogP contribution in [0, 0.1) is 0 Å². The summed E-state index contributed by atoms with van der Waals surface area (Å²) in [7, 11) is -3.08. The van der Waals surface area contributed by atoms with Crippen molar-refractivity contribution < 1.29 is 13.5 Å². The van der Waals surface area contributed by atoms with Crippen molar-refractivity contribution in [1.29, 1.82) is 0 Å². The van der Waals surface area contributed by atoms with Gasteiger partial charge in [-0.15, -0.1) is 11.8 Å². The highest BCUT2D eigenvalue weighted by Gasteiger charge is 2.36. The fourth-order valence-corrected chi connectivity index (χ4v) is 5.66. The zero-order chi connectivity index (χ0) is 15.7. The summed E-state index contributed by atoms with van der Waals surface area (Å²) in [6, 6.07) is 8.05. The molecule has 2 unspecified atom stereocenters. The molecule has 2 N–H and O–H groups in total. The first-order valence-corrected chi connectivity index (χ1v) is 9.74. The molecule has 4 nitrogen and oxygen atoms in total. The molecule has 1 fully saturated rings. The Balaban J connectivity index is 1.94. The Hall–Kier alpha value is -0.560. The van der Waals surface area contributed by atoms with E-state index in [4.69, 9.17) is 0 Å². The van der Waals surface area contributed by atoms with E-state index >= 15 is 0 Å². The molecular weight excluding hydrogens is 306 g/mol. The van der Waals surface area contributed by atoms with Crippen molar-refractivity contribution in [2.24, 2.45) is 0 Å². The Morgan fingerprint density at radius 3 is 2.33 bits per heavy atom. The monoisotopic (exact) mass is 329 g/mol. The van der Waals surface area contributed by atoms with E-state index in [0.717, 1.165) is 11.4 Å². The lowest BCUT2D eigenvalue weighted by Gasteiger charge is -2.20. The number of aliphatic hydroxyl groups excluding tert-OH is 1. The number of rotatable bonds is 4. The molecule has 1 aromatic rings. The fourth-order valence-electron chi connectivity index (χ4n) is 2.14. The van der Waals surface area contributed by atoms with Crippen LogP contribution in [0.1, 0.15) is 26.3 Å². The molecule has 0 bridgehead atoms. The largest absolute Gasteiger partial charge is 0.391 e. The van der Waals surface area contributed by atoms with E-state index in [0.29, 0.717) is 0 Å². The molecule has 2 atom stereocenters. The van der Waals surface area contributed by atoms with Gasteiger partial charge >= 0.3 is 0 Å². The maximum Gasteiger partial charge on any atom is 0.154 e. The van der Waals surface area contributed by atoms with Gasteiger partial charge in [0.05, 0.1) is 22.9 Å². The molecule has 21 heavy (non-hydrogen) atoms. The van der Waals surface area contributed by atoms with E-state index in [1.165, 1.54) is 17.3 Å². The fraction of sp³-hybridized carbons (Fsp3) is 0.600. The zero-order valence-corrected chi connectivity index (χ0v) is 14.3. The maximum atomic E-state index is 11.5. The minimum absolute atomic E-state index is 0.0617. The van der Waals surface area contributed by atoms with Crippen LogP contribution in [0.2, 0.25) is 0 Å². The minimum Gasteiger partial charge on any atom is -0.391 e. The van der Waals surface area contributed by atoms with Gasteiger partial charge in [-0.05, 0) is 38.5 Å². The van der Waals surface area contributed by atoms with E-state index in [-0.39, 0.29) is 22.3 Å². The summed E-state index contributed by atoms with van der Waals surface area (Å²) >= 11 is 1.44. The quantitative estimate of drug-likeness (QED) is 0.882. The van der Waals surface area contributed by atoms with Crippen molar-refractivity contribution in [3.63, 3.8) is 0 Å². The normalized spacial score (nSPS) is 25.1. The van der Waals surface area contributed by atoms with Crippen LogP contribution in [0.5, 0.6) is 0 Å². The van der Waals surface area contributed by atoms with E-state index in [2.05, 4.69) is 26.1 Å². The van der Waals surface area contributed by atoms with Crippen LogP contribution >= 0.6 is 11.8 Å². The predicted molar refractivity (Wildman–Crippen MR) is 87.3 cm³/mol. The van der Waals surface area contributed by atoms with Gasteiger partial charge in [0.2, 0.25) is 0 Å². The first kappa shape index (κ1) is 16.8. The molecule has 0 aromatic heterocycles. The van der Waals surface area contributed by atoms with Gasteiger partial charge in [-0.1, -0.05) is 12.1 Å². The van der Waals surface area contributed by atoms with E-state index in [1.807, 2.05) is 24.3 Å². The van der Waals surface area contributed by atoms with Gasteiger partial charge in [-0.3, -0.25) is 0 Å². The average molecular weight is 329 g/mol. The second kappa shape index (κ2) is 6.28. The summed E-state index contributed by atoms with van der Waals surface area (Å²) in [5.41, 5.74) is 1.27. The third kappa shape index (κ3) is 5.29. The number of hydrogen-bond donors (Lipinski definition) is 2. The smallest absolute Gasteiger partial charge is 0.154 e. The molecule has 6 heteroatoms. The van der Waals surface area contributed by atoms with Crippen LogP contribution in [0.15, 0.2) is 29.2 Å². The van der Waals surface area contributed by atoms with Crippen LogP contribution in [0.3, 0.4) is 0 Å². The molecule has 1 aromatic carbocycles. The van der Waals surface area contributed by atoms with Crippen molar-refractivity contribution in [3.05, 3.63) is 29.8 Å². The van der Waals surface area contributed by atoms with Crippen LogP contribution in [-0.4, -0.2) is 41.9 Å². The summed E-state index contributed by atoms with van der Waals surface area (Å²) in [5.74, 6) is -0.0512. The lowest BCUT2D eigenvalue weighted by Crippen LogP contribution is -2.35. The Kier molecular flexibility index (Phi) is 5.03. The first-order valence-electron chi connectivity index (χ1n) is 7.04. The molecule has 0 radical (unpaired) electrons. The number of aliphatic hydroxyl groups is 1. The maximum absolute atomic E-state index is 11.5. The molecule has 0 amide bonds. The third-order valence-corrected chi connectivity index (χ3v) is 6.56. The second-order valence-corrected chi connectivity index (χ2v) is 10.0. The van der Waals surface area contributed by atoms with Gasteiger partial charge in [-0.2, -0.15) is 0 Å². The molecular formula is C15H23NO3S2. The summed E-state index contributed by atoms with van der Waals surface area (Å²) in [6.45, 7) is 7.17. The van der Waals surface area contributed by atoms with Crippen molar-refractivity contribution in [1.82, 2.24) is 5.32 Å². The minimum atomic E-state index is -3.08. The van der Waals surface area contributed by atoms with Crippen molar-refractivity contribution in [3.8, 4) is 0 Å². The number of sulfone groups is 1. The topological polar surface area (TPSA) is 66.4 Å². The standard InChI is InChI=1S/C15H23NO3S2/c1-15(2,3)16-8-11-4-6-12(7-5-11)20-14-10-21(18,19)9-13(14)17/h4-7,13-14,16-17H,8-10H2,1-3H3. The van der Waals surface area contributed by atoms with E-state index in [9.17, 15) is 13.5 Å². The van der Waals surface area contributed by atoms with Gasteiger partial charge in [-0.25, -0.2) is 8.42 Å². The van der Waals surface area contributed by atoms with Gasteiger partial charge < -0.3 is 10.4 Å². The highest BCUT2D eigenvalue weighted by molar-refractivity contribution is 8.02. The molecule has 1 aliphatic rings.